The fourth-order valence-electron chi connectivity index (χ4n) is 2.56. The lowest BCUT2D eigenvalue weighted by molar-refractivity contribution is -0.134. The normalized spacial score (nSPS) is 11.3. The van der Waals surface area contributed by atoms with Crippen LogP contribution in [0.5, 0.6) is 5.75 Å². The molecule has 0 aromatic heterocycles. The summed E-state index contributed by atoms with van der Waals surface area (Å²) in [4.78, 5) is 11.2. The van der Waals surface area contributed by atoms with E-state index in [-0.39, 0.29) is 22.0 Å². The van der Waals surface area contributed by atoms with Crippen molar-refractivity contribution in [2.75, 3.05) is 0 Å². The monoisotopic (exact) mass is 472 g/mol. The first-order chi connectivity index (χ1) is 14.6. The Morgan fingerprint density at radius 1 is 0.774 bits per heavy atom. The van der Waals surface area contributed by atoms with Crippen molar-refractivity contribution in [3.8, 4) is 5.75 Å². The molecule has 0 aliphatic carbocycles. The Balaban J connectivity index is 0.000000399. The van der Waals surface area contributed by atoms with Gasteiger partial charge in [0.15, 0.2) is 5.75 Å². The van der Waals surface area contributed by atoms with Crippen molar-refractivity contribution >= 4 is 26.2 Å². The van der Waals surface area contributed by atoms with Crippen LogP contribution in [0.25, 0.3) is 0 Å². The zero-order valence-corrected chi connectivity index (χ0v) is 18.9. The van der Waals surface area contributed by atoms with E-state index in [1.54, 1.807) is 24.3 Å². The fraction of sp³-hybridized carbons (Fsp3) is 0.381. The second-order valence-corrected chi connectivity index (χ2v) is 9.51. The van der Waals surface area contributed by atoms with Crippen LogP contribution in [0.3, 0.4) is 0 Å². The van der Waals surface area contributed by atoms with Gasteiger partial charge in [0.2, 0.25) is 0 Å². The predicted octanol–water partition coefficient (Wildman–Crippen LogP) is 4.52. The lowest BCUT2D eigenvalue weighted by Crippen LogP contribution is -2.10. The molecule has 0 spiro atoms. The molecular weight excluding hydrogens is 444 g/mol. The van der Waals surface area contributed by atoms with Crippen molar-refractivity contribution in [3.63, 3.8) is 0 Å². The standard InChI is InChI=1S/C15H22O5S.C6H6O3S/c1-2-3-4-5-6-7-12-15(16)20-13-10-8-9-11-14(13)21(17,18)19;7-10(8,9)6-4-2-1-3-5-6/h8-11H,2-7,12H2,1H3,(H,17,18,19);1-5H,(H,7,8,9). The van der Waals surface area contributed by atoms with Gasteiger partial charge in [-0.1, -0.05) is 69.4 Å². The van der Waals surface area contributed by atoms with E-state index in [9.17, 15) is 21.6 Å². The number of esters is 1. The maximum Gasteiger partial charge on any atom is 0.311 e. The Morgan fingerprint density at radius 2 is 1.32 bits per heavy atom. The summed E-state index contributed by atoms with van der Waals surface area (Å²) >= 11 is 0. The SMILES string of the molecule is CCCCCCCCC(=O)Oc1ccccc1S(=O)(=O)O.O=S(=O)(O)c1ccccc1. The molecule has 8 nitrogen and oxygen atoms in total. The molecule has 0 heterocycles. The lowest BCUT2D eigenvalue weighted by atomic mass is 10.1. The van der Waals surface area contributed by atoms with Gasteiger partial charge in [-0.2, -0.15) is 16.8 Å². The van der Waals surface area contributed by atoms with Crippen LogP contribution < -0.4 is 4.74 Å². The van der Waals surface area contributed by atoms with Crippen LogP contribution in [0.2, 0.25) is 0 Å². The molecule has 0 fully saturated rings. The maximum absolute atomic E-state index is 11.7. The molecule has 0 aliphatic rings. The summed E-state index contributed by atoms with van der Waals surface area (Å²) in [5.41, 5.74) is 0. The van der Waals surface area contributed by atoms with Gasteiger partial charge in [-0.3, -0.25) is 13.9 Å². The van der Waals surface area contributed by atoms with Gasteiger partial charge in [-0.25, -0.2) is 0 Å². The van der Waals surface area contributed by atoms with Gasteiger partial charge in [-0.15, -0.1) is 0 Å². The summed E-state index contributed by atoms with van der Waals surface area (Å²) in [6, 6.07) is 13.0. The lowest BCUT2D eigenvalue weighted by Gasteiger charge is -2.07. The zero-order valence-electron chi connectivity index (χ0n) is 17.3. The number of carbonyl (C=O) groups excluding carboxylic acids is 1. The van der Waals surface area contributed by atoms with Crippen LogP contribution in [-0.2, 0) is 25.0 Å². The van der Waals surface area contributed by atoms with Crippen molar-refractivity contribution in [1.29, 1.82) is 0 Å². The Kier molecular flexibility index (Phi) is 11.4. The van der Waals surface area contributed by atoms with Crippen LogP contribution >= 0.6 is 0 Å². The molecule has 31 heavy (non-hydrogen) atoms. The Hall–Kier alpha value is -2.27. The molecule has 0 atom stereocenters. The van der Waals surface area contributed by atoms with Crippen molar-refractivity contribution < 1.29 is 35.5 Å². The van der Waals surface area contributed by atoms with Crippen LogP contribution in [0.4, 0.5) is 0 Å². The number of hydrogen-bond acceptors (Lipinski definition) is 6. The third-order valence-electron chi connectivity index (χ3n) is 4.13. The Bertz CT molecular complexity index is 1020. The van der Waals surface area contributed by atoms with E-state index in [0.29, 0.717) is 0 Å². The molecular formula is C21H28O8S2. The van der Waals surface area contributed by atoms with Gasteiger partial charge in [0.05, 0.1) is 4.90 Å². The van der Waals surface area contributed by atoms with Crippen molar-refractivity contribution in [1.82, 2.24) is 0 Å². The minimum atomic E-state index is -4.39. The molecule has 2 rings (SSSR count). The van der Waals surface area contributed by atoms with E-state index in [1.165, 1.54) is 43.2 Å². The minimum absolute atomic E-state index is 0.0741. The van der Waals surface area contributed by atoms with Crippen LogP contribution in [0.15, 0.2) is 64.4 Å². The highest BCUT2D eigenvalue weighted by Gasteiger charge is 2.18. The van der Waals surface area contributed by atoms with Crippen LogP contribution in [0.1, 0.15) is 51.9 Å². The molecule has 0 radical (unpaired) electrons. The molecule has 0 unspecified atom stereocenters. The summed E-state index contributed by atoms with van der Waals surface area (Å²) in [7, 11) is -8.39. The smallest absolute Gasteiger partial charge is 0.311 e. The molecule has 2 aromatic carbocycles. The quantitative estimate of drug-likeness (QED) is 0.223. The van der Waals surface area contributed by atoms with E-state index < -0.39 is 26.2 Å². The highest BCUT2D eigenvalue weighted by atomic mass is 32.2. The third-order valence-corrected chi connectivity index (χ3v) is 5.89. The van der Waals surface area contributed by atoms with Crippen LogP contribution in [-0.4, -0.2) is 31.9 Å². The summed E-state index contributed by atoms with van der Waals surface area (Å²) < 4.78 is 65.6. The van der Waals surface area contributed by atoms with Gasteiger partial charge < -0.3 is 4.74 Å². The largest absolute Gasteiger partial charge is 0.425 e. The maximum atomic E-state index is 11.7. The first kappa shape index (κ1) is 26.8. The number of para-hydroxylation sites is 1. The minimum Gasteiger partial charge on any atom is -0.425 e. The average molecular weight is 473 g/mol. The topological polar surface area (TPSA) is 135 Å². The van der Waals surface area contributed by atoms with Crippen molar-refractivity contribution in [2.45, 2.75) is 61.7 Å². The summed E-state index contributed by atoms with van der Waals surface area (Å²) in [6.07, 6.45) is 6.54. The van der Waals surface area contributed by atoms with Gasteiger partial charge >= 0.3 is 5.97 Å². The molecule has 0 saturated carbocycles. The van der Waals surface area contributed by atoms with Gasteiger partial charge in [-0.05, 0) is 30.7 Å². The molecule has 2 N–H and O–H groups in total. The molecule has 172 valence electrons. The van der Waals surface area contributed by atoms with Crippen molar-refractivity contribution in [3.05, 3.63) is 54.6 Å². The Labute approximate surface area is 183 Å². The molecule has 10 heteroatoms. The van der Waals surface area contributed by atoms with E-state index in [0.717, 1.165) is 25.7 Å². The second kappa shape index (κ2) is 13.2. The second-order valence-electron chi connectivity index (χ2n) is 6.70. The van der Waals surface area contributed by atoms with E-state index >= 15 is 0 Å². The number of carbonyl (C=O) groups is 1. The summed E-state index contributed by atoms with van der Waals surface area (Å²) in [5.74, 6) is -0.613. The molecule has 2 aromatic rings. The first-order valence-electron chi connectivity index (χ1n) is 9.85. The molecule has 0 saturated heterocycles. The van der Waals surface area contributed by atoms with Gasteiger partial charge in [0, 0.05) is 6.42 Å². The third kappa shape index (κ3) is 11.1. The molecule has 0 amide bonds. The highest BCUT2D eigenvalue weighted by molar-refractivity contribution is 7.86. The van der Waals surface area contributed by atoms with E-state index in [2.05, 4.69) is 6.92 Å². The van der Waals surface area contributed by atoms with Crippen molar-refractivity contribution in [2.24, 2.45) is 0 Å². The fourth-order valence-corrected chi connectivity index (χ4v) is 3.68. The number of ether oxygens (including phenoxy) is 1. The first-order valence-corrected chi connectivity index (χ1v) is 12.7. The van der Waals surface area contributed by atoms with Gasteiger partial charge in [0.1, 0.15) is 4.90 Å². The van der Waals surface area contributed by atoms with E-state index in [4.69, 9.17) is 13.8 Å². The highest BCUT2D eigenvalue weighted by Crippen LogP contribution is 2.23. The Morgan fingerprint density at radius 3 is 1.87 bits per heavy atom. The molecule has 0 aliphatic heterocycles. The number of rotatable bonds is 10. The predicted molar refractivity (Wildman–Crippen MR) is 116 cm³/mol. The zero-order chi connectivity index (χ0) is 23.3. The van der Waals surface area contributed by atoms with Gasteiger partial charge in [0.25, 0.3) is 20.2 Å². The summed E-state index contributed by atoms with van der Waals surface area (Å²) in [6.45, 7) is 2.14. The number of benzene rings is 2. The van der Waals surface area contributed by atoms with Crippen LogP contribution in [0, 0.1) is 0 Å². The van der Waals surface area contributed by atoms with E-state index in [1.807, 2.05) is 0 Å². The average Bonchev–Trinajstić information content (AvgIpc) is 2.71. The summed E-state index contributed by atoms with van der Waals surface area (Å²) in [5, 5.41) is 0. The number of unbranched alkanes of at least 4 members (excludes halogenated alkanes) is 5. The number of hydrogen-bond donors (Lipinski definition) is 2. The molecule has 0 bridgehead atoms.